The predicted octanol–water partition coefficient (Wildman–Crippen LogP) is 1.50. The number of nitrogens with one attached hydrogen (secondary N) is 1. The topological polar surface area (TPSA) is 64.7 Å². The lowest BCUT2D eigenvalue weighted by Crippen LogP contribution is -2.08. The first-order valence-corrected chi connectivity index (χ1v) is 6.05. The summed E-state index contributed by atoms with van der Waals surface area (Å²) < 4.78 is 3.65. The van der Waals surface area contributed by atoms with Crippen molar-refractivity contribution in [2.45, 2.75) is 33.4 Å². The number of hydrogen-bond donors (Lipinski definition) is 1. The Morgan fingerprint density at radius 1 is 1.22 bits per heavy atom. The minimum atomic E-state index is -0.00616. The van der Waals surface area contributed by atoms with Crippen molar-refractivity contribution in [2.75, 3.05) is 5.32 Å². The molecular weight excluding hydrogens is 230 g/mol. The Balaban J connectivity index is 1.99. The van der Waals surface area contributed by atoms with Crippen LogP contribution in [0.1, 0.15) is 25.8 Å². The molecule has 0 saturated carbocycles. The molecule has 2 heterocycles. The lowest BCUT2D eigenvalue weighted by molar-refractivity contribution is -0.115. The van der Waals surface area contributed by atoms with Crippen LogP contribution < -0.4 is 5.32 Å². The third-order valence-electron chi connectivity index (χ3n) is 2.59. The van der Waals surface area contributed by atoms with Crippen LogP contribution in [0.2, 0.25) is 0 Å². The van der Waals surface area contributed by atoms with Crippen LogP contribution >= 0.6 is 0 Å². The first-order chi connectivity index (χ1) is 8.71. The van der Waals surface area contributed by atoms with Crippen molar-refractivity contribution in [3.05, 3.63) is 30.4 Å². The predicted molar refractivity (Wildman–Crippen MR) is 68.2 cm³/mol. The van der Waals surface area contributed by atoms with Crippen LogP contribution in [0, 0.1) is 0 Å². The van der Waals surface area contributed by atoms with Crippen molar-refractivity contribution in [2.24, 2.45) is 0 Å². The second-order valence-electron chi connectivity index (χ2n) is 4.03. The largest absolute Gasteiger partial charge is 0.323 e. The molecule has 18 heavy (non-hydrogen) atoms. The highest BCUT2D eigenvalue weighted by molar-refractivity contribution is 5.90. The fourth-order valence-corrected chi connectivity index (χ4v) is 1.61. The van der Waals surface area contributed by atoms with Gasteiger partial charge in [0, 0.05) is 30.9 Å². The molecule has 2 aromatic rings. The van der Waals surface area contributed by atoms with Crippen LogP contribution in [0.4, 0.5) is 5.69 Å². The maximum Gasteiger partial charge on any atom is 0.224 e. The minimum Gasteiger partial charge on any atom is -0.323 e. The Hall–Kier alpha value is -2.11. The Morgan fingerprint density at radius 3 is 2.67 bits per heavy atom. The zero-order chi connectivity index (χ0) is 13.0. The molecule has 2 aromatic heterocycles. The highest BCUT2D eigenvalue weighted by atomic mass is 16.1. The summed E-state index contributed by atoms with van der Waals surface area (Å²) in [5.41, 5.74) is 1.82. The average molecular weight is 247 g/mol. The first kappa shape index (κ1) is 12.3. The molecule has 6 heteroatoms. The smallest absolute Gasteiger partial charge is 0.224 e. The summed E-state index contributed by atoms with van der Waals surface area (Å²) in [5.74, 6) is -0.00616. The quantitative estimate of drug-likeness (QED) is 0.870. The number of carbonyl (C=O) groups excluding carboxylic acids is 1. The summed E-state index contributed by atoms with van der Waals surface area (Å²) in [5, 5.41) is 11.2. The standard InChI is InChI=1S/C12H17N5O/c1-3-12(18)15-11-6-14-17(9-11)8-10-5-13-16(4-2)7-10/h5-7,9H,3-4,8H2,1-2H3,(H,15,18). The van der Waals surface area contributed by atoms with E-state index in [0.29, 0.717) is 13.0 Å². The highest BCUT2D eigenvalue weighted by Crippen LogP contribution is 2.08. The van der Waals surface area contributed by atoms with E-state index in [0.717, 1.165) is 17.8 Å². The van der Waals surface area contributed by atoms with Gasteiger partial charge in [-0.05, 0) is 6.92 Å². The Morgan fingerprint density at radius 2 is 2.00 bits per heavy atom. The second-order valence-corrected chi connectivity index (χ2v) is 4.03. The van der Waals surface area contributed by atoms with Gasteiger partial charge in [-0.3, -0.25) is 14.2 Å². The number of aryl methyl sites for hydroxylation is 1. The monoisotopic (exact) mass is 247 g/mol. The lowest BCUT2D eigenvalue weighted by atomic mass is 10.3. The summed E-state index contributed by atoms with van der Waals surface area (Å²) in [6, 6.07) is 0. The second kappa shape index (κ2) is 5.48. The van der Waals surface area contributed by atoms with Crippen LogP contribution in [0.5, 0.6) is 0 Å². The van der Waals surface area contributed by atoms with E-state index in [4.69, 9.17) is 0 Å². The maximum atomic E-state index is 11.2. The van der Waals surface area contributed by atoms with E-state index in [1.807, 2.05) is 37.1 Å². The molecule has 0 aromatic carbocycles. The number of hydrogen-bond acceptors (Lipinski definition) is 3. The Labute approximate surface area is 106 Å². The molecule has 0 fully saturated rings. The summed E-state index contributed by atoms with van der Waals surface area (Å²) in [4.78, 5) is 11.2. The van der Waals surface area contributed by atoms with Crippen molar-refractivity contribution in [1.29, 1.82) is 0 Å². The fourth-order valence-electron chi connectivity index (χ4n) is 1.61. The molecule has 0 bridgehead atoms. The van der Waals surface area contributed by atoms with Gasteiger partial charge >= 0.3 is 0 Å². The van der Waals surface area contributed by atoms with Gasteiger partial charge in [-0.2, -0.15) is 10.2 Å². The third-order valence-corrected chi connectivity index (χ3v) is 2.59. The number of aromatic nitrogens is 4. The maximum absolute atomic E-state index is 11.2. The minimum absolute atomic E-state index is 0.00616. The Kier molecular flexibility index (Phi) is 3.76. The van der Waals surface area contributed by atoms with Crippen molar-refractivity contribution in [3.8, 4) is 0 Å². The van der Waals surface area contributed by atoms with Gasteiger partial charge in [0.15, 0.2) is 0 Å². The van der Waals surface area contributed by atoms with Gasteiger partial charge in [-0.15, -0.1) is 0 Å². The van der Waals surface area contributed by atoms with Crippen LogP contribution in [-0.4, -0.2) is 25.5 Å². The molecule has 0 aliphatic heterocycles. The van der Waals surface area contributed by atoms with Gasteiger partial charge in [-0.1, -0.05) is 6.92 Å². The number of carbonyl (C=O) groups is 1. The van der Waals surface area contributed by atoms with Gasteiger partial charge < -0.3 is 5.32 Å². The first-order valence-electron chi connectivity index (χ1n) is 6.05. The number of nitrogens with zero attached hydrogens (tertiary/aromatic N) is 4. The van der Waals surface area contributed by atoms with E-state index in [1.54, 1.807) is 10.9 Å². The van der Waals surface area contributed by atoms with Gasteiger partial charge in [0.25, 0.3) is 0 Å². The molecule has 2 rings (SSSR count). The van der Waals surface area contributed by atoms with Gasteiger partial charge in [-0.25, -0.2) is 0 Å². The summed E-state index contributed by atoms with van der Waals surface area (Å²) in [6.45, 7) is 5.38. The molecule has 96 valence electrons. The molecular formula is C12H17N5O. The average Bonchev–Trinajstić information content (AvgIpc) is 2.99. The Bertz CT molecular complexity index is 528. The molecule has 0 spiro atoms. The van der Waals surface area contributed by atoms with Crippen molar-refractivity contribution in [1.82, 2.24) is 19.6 Å². The molecule has 0 atom stereocenters. The van der Waals surface area contributed by atoms with Crippen molar-refractivity contribution in [3.63, 3.8) is 0 Å². The van der Waals surface area contributed by atoms with Gasteiger partial charge in [0.2, 0.25) is 5.91 Å². The fraction of sp³-hybridized carbons (Fsp3) is 0.417. The van der Waals surface area contributed by atoms with E-state index in [2.05, 4.69) is 15.5 Å². The summed E-state index contributed by atoms with van der Waals surface area (Å²) >= 11 is 0. The molecule has 0 unspecified atom stereocenters. The highest BCUT2D eigenvalue weighted by Gasteiger charge is 2.04. The molecule has 0 radical (unpaired) electrons. The van der Waals surface area contributed by atoms with Crippen LogP contribution in [-0.2, 0) is 17.9 Å². The molecule has 0 aliphatic rings. The molecule has 0 saturated heterocycles. The number of rotatable bonds is 5. The van der Waals surface area contributed by atoms with Gasteiger partial charge in [0.05, 0.1) is 24.6 Å². The number of amides is 1. The van der Waals surface area contributed by atoms with Crippen LogP contribution in [0.25, 0.3) is 0 Å². The van der Waals surface area contributed by atoms with E-state index >= 15 is 0 Å². The molecule has 1 N–H and O–H groups in total. The molecule has 1 amide bonds. The van der Waals surface area contributed by atoms with E-state index in [-0.39, 0.29) is 5.91 Å². The molecule has 0 aliphatic carbocycles. The summed E-state index contributed by atoms with van der Waals surface area (Å²) in [6.07, 6.45) is 7.75. The van der Waals surface area contributed by atoms with E-state index in [9.17, 15) is 4.79 Å². The lowest BCUT2D eigenvalue weighted by Gasteiger charge is -1.99. The SMILES string of the molecule is CCC(=O)Nc1cnn(Cc2cnn(CC)c2)c1. The van der Waals surface area contributed by atoms with Crippen molar-refractivity contribution < 1.29 is 4.79 Å². The third kappa shape index (κ3) is 2.97. The van der Waals surface area contributed by atoms with Gasteiger partial charge in [0.1, 0.15) is 0 Å². The van der Waals surface area contributed by atoms with Crippen LogP contribution in [0.3, 0.4) is 0 Å². The van der Waals surface area contributed by atoms with E-state index < -0.39 is 0 Å². The molecule has 6 nitrogen and oxygen atoms in total. The van der Waals surface area contributed by atoms with Crippen molar-refractivity contribution >= 4 is 11.6 Å². The normalized spacial score (nSPS) is 10.6. The zero-order valence-corrected chi connectivity index (χ0v) is 10.6. The summed E-state index contributed by atoms with van der Waals surface area (Å²) in [7, 11) is 0. The van der Waals surface area contributed by atoms with Crippen LogP contribution in [0.15, 0.2) is 24.8 Å². The number of anilines is 1. The van der Waals surface area contributed by atoms with E-state index in [1.165, 1.54) is 0 Å². The zero-order valence-electron chi connectivity index (χ0n) is 10.6.